The Morgan fingerprint density at radius 3 is 0.522 bits per heavy atom. The first-order chi connectivity index (χ1) is 22.0. The molecule has 0 N–H and O–H groups in total. The molecule has 0 aromatic rings. The molecule has 0 amide bonds. The van der Waals surface area contributed by atoms with Gasteiger partial charge in [0.15, 0.2) is 0 Å². The molecule has 0 aliphatic heterocycles. The van der Waals surface area contributed by atoms with Crippen LogP contribution in [0.2, 0.25) is 0 Å². The van der Waals surface area contributed by atoms with Crippen molar-refractivity contribution in [3.05, 3.63) is 0 Å². The maximum atomic E-state index is 11.0. The molecule has 0 saturated carbocycles. The van der Waals surface area contributed by atoms with Gasteiger partial charge in [-0.05, 0) is 0 Å². The third-order valence-electron chi connectivity index (χ3n) is 9.50. The first kappa shape index (κ1) is 53.2. The van der Waals surface area contributed by atoms with Crippen LogP contribution in [-0.2, 0) is 0 Å². The number of rotatable bonds is 33. The summed E-state index contributed by atoms with van der Waals surface area (Å²) in [4.78, 5) is 0. The maximum absolute atomic E-state index is 11.0. The van der Waals surface area contributed by atoms with Gasteiger partial charge in [0.1, 0.15) is 0 Å². The molecule has 0 aromatic heterocycles. The second-order valence-electron chi connectivity index (χ2n) is 14.2. The standard InChI is InChI=1S/3C14H29O.Al/c3*1-3-5-7-9-11-14(13-15)12-10-8-6-4-2;/h3*14H,3-13H2,1-2H3;/q3*-1;+3. The van der Waals surface area contributed by atoms with Gasteiger partial charge in [0.05, 0.1) is 0 Å². The van der Waals surface area contributed by atoms with Crippen LogP contribution in [-0.4, -0.2) is 37.2 Å². The van der Waals surface area contributed by atoms with E-state index in [-0.39, 0.29) is 37.2 Å². The number of unbranched alkanes of at least 4 members (excludes halogenated alkanes) is 18. The van der Waals surface area contributed by atoms with Crippen molar-refractivity contribution in [3.8, 4) is 0 Å². The van der Waals surface area contributed by atoms with Crippen molar-refractivity contribution in [2.24, 2.45) is 17.8 Å². The number of hydrogen-bond acceptors (Lipinski definition) is 3. The van der Waals surface area contributed by atoms with E-state index in [1.54, 1.807) is 0 Å². The van der Waals surface area contributed by atoms with E-state index in [1.807, 2.05) is 0 Å². The average Bonchev–Trinajstić information content (AvgIpc) is 3.06. The summed E-state index contributed by atoms with van der Waals surface area (Å²) in [5.74, 6) is 1.41. The van der Waals surface area contributed by atoms with Gasteiger partial charge in [-0.25, -0.2) is 0 Å². The molecule has 0 bridgehead atoms. The van der Waals surface area contributed by atoms with E-state index in [0.717, 1.165) is 0 Å². The zero-order chi connectivity index (χ0) is 34.1. The van der Waals surface area contributed by atoms with Crippen LogP contribution < -0.4 is 15.3 Å². The minimum Gasteiger partial charge on any atom is -0.854 e. The third kappa shape index (κ3) is 46.5. The maximum Gasteiger partial charge on any atom is 3.00 e. The Balaban J connectivity index is -0.000000285. The monoisotopic (exact) mass is 667 g/mol. The fraction of sp³-hybridized carbons (Fsp3) is 1.00. The Morgan fingerprint density at radius 1 is 0.261 bits per heavy atom. The Morgan fingerprint density at radius 2 is 0.413 bits per heavy atom. The molecular weight excluding hydrogens is 579 g/mol. The van der Waals surface area contributed by atoms with Gasteiger partial charge in [-0.2, -0.15) is 0 Å². The zero-order valence-electron chi connectivity index (χ0n) is 32.9. The molecule has 4 heteroatoms. The molecule has 0 aliphatic carbocycles. The van der Waals surface area contributed by atoms with Crippen molar-refractivity contribution in [2.75, 3.05) is 19.8 Å². The molecule has 46 heavy (non-hydrogen) atoms. The molecule has 0 atom stereocenters. The molecular formula is C42H87AlO3. The summed E-state index contributed by atoms with van der Waals surface area (Å²) < 4.78 is 0. The summed E-state index contributed by atoms with van der Waals surface area (Å²) in [7, 11) is 0. The van der Waals surface area contributed by atoms with Crippen LogP contribution in [0, 0.1) is 17.8 Å². The van der Waals surface area contributed by atoms with E-state index in [0.29, 0.717) is 17.8 Å². The molecule has 0 saturated heterocycles. The second kappa shape index (κ2) is 49.8. The van der Waals surface area contributed by atoms with Gasteiger partial charge in [-0.1, -0.05) is 252 Å². The normalized spacial score (nSPS) is 11.0. The summed E-state index contributed by atoms with van der Waals surface area (Å²) in [6.45, 7) is 13.8. The van der Waals surface area contributed by atoms with Crippen molar-refractivity contribution in [3.63, 3.8) is 0 Å². The molecule has 0 spiro atoms. The van der Waals surface area contributed by atoms with Gasteiger partial charge in [-0.15, -0.1) is 19.8 Å². The largest absolute Gasteiger partial charge is 3.00 e. The van der Waals surface area contributed by atoms with Gasteiger partial charge in [-0.3, -0.25) is 0 Å². The average molecular weight is 667 g/mol. The Bertz CT molecular complexity index is 373. The molecule has 0 unspecified atom stereocenters. The first-order valence-corrected chi connectivity index (χ1v) is 20.8. The van der Waals surface area contributed by atoms with E-state index < -0.39 is 0 Å². The minimum atomic E-state index is 0. The minimum absolute atomic E-state index is 0. The van der Waals surface area contributed by atoms with Crippen molar-refractivity contribution >= 4 is 17.4 Å². The van der Waals surface area contributed by atoms with Crippen LogP contribution in [0.15, 0.2) is 0 Å². The fourth-order valence-corrected chi connectivity index (χ4v) is 6.09. The van der Waals surface area contributed by atoms with Crippen LogP contribution in [0.3, 0.4) is 0 Å². The second-order valence-corrected chi connectivity index (χ2v) is 14.2. The van der Waals surface area contributed by atoms with E-state index in [4.69, 9.17) is 0 Å². The molecule has 0 radical (unpaired) electrons. The van der Waals surface area contributed by atoms with E-state index >= 15 is 0 Å². The summed E-state index contributed by atoms with van der Waals surface area (Å²) in [5, 5.41) is 32.9. The zero-order valence-corrected chi connectivity index (χ0v) is 34.0. The molecule has 0 heterocycles. The predicted octanol–water partition coefficient (Wildman–Crippen LogP) is 11.3. The van der Waals surface area contributed by atoms with Crippen LogP contribution >= 0.6 is 0 Å². The molecule has 3 nitrogen and oxygen atoms in total. The molecule has 0 rings (SSSR count). The molecule has 0 fully saturated rings. The Hall–Kier alpha value is 0.412. The van der Waals surface area contributed by atoms with Crippen LogP contribution in [0.4, 0.5) is 0 Å². The molecule has 276 valence electrons. The van der Waals surface area contributed by atoms with E-state index in [1.165, 1.54) is 193 Å². The molecule has 0 aromatic carbocycles. The summed E-state index contributed by atoms with van der Waals surface area (Å²) in [6, 6.07) is 0. The van der Waals surface area contributed by atoms with Crippen molar-refractivity contribution in [1.82, 2.24) is 0 Å². The van der Waals surface area contributed by atoms with Crippen molar-refractivity contribution in [1.29, 1.82) is 0 Å². The molecule has 0 aliphatic rings. The number of hydrogen-bond donors (Lipinski definition) is 0. The smallest absolute Gasteiger partial charge is 0.854 e. The Kier molecular flexibility index (Phi) is 57.6. The fourth-order valence-electron chi connectivity index (χ4n) is 6.09. The quantitative estimate of drug-likeness (QED) is 0.0517. The van der Waals surface area contributed by atoms with Gasteiger partial charge in [0.2, 0.25) is 0 Å². The van der Waals surface area contributed by atoms with Gasteiger partial charge >= 0.3 is 17.4 Å². The van der Waals surface area contributed by atoms with Gasteiger partial charge < -0.3 is 15.3 Å². The van der Waals surface area contributed by atoms with Gasteiger partial charge in [0.25, 0.3) is 0 Å². The summed E-state index contributed by atoms with van der Waals surface area (Å²) in [6.07, 6.45) is 38.4. The topological polar surface area (TPSA) is 69.2 Å². The summed E-state index contributed by atoms with van der Waals surface area (Å²) >= 11 is 0. The van der Waals surface area contributed by atoms with Gasteiger partial charge in [0, 0.05) is 0 Å². The Labute approximate surface area is 303 Å². The van der Waals surface area contributed by atoms with Crippen molar-refractivity contribution in [2.45, 2.75) is 234 Å². The van der Waals surface area contributed by atoms with Crippen molar-refractivity contribution < 1.29 is 15.3 Å². The van der Waals surface area contributed by atoms with Crippen LogP contribution in [0.1, 0.15) is 234 Å². The first-order valence-electron chi connectivity index (χ1n) is 20.8. The summed E-state index contributed by atoms with van der Waals surface area (Å²) in [5.41, 5.74) is 0. The van der Waals surface area contributed by atoms with E-state index in [9.17, 15) is 15.3 Å². The SMILES string of the molecule is CCCCCCC(C[O-])CCCCCC.CCCCCCC(C[O-])CCCCCC.CCCCCCC(C[O-])CCCCCC.[Al+3]. The van der Waals surface area contributed by atoms with E-state index in [2.05, 4.69) is 41.5 Å². The third-order valence-corrected chi connectivity index (χ3v) is 9.50. The van der Waals surface area contributed by atoms with Crippen LogP contribution in [0.5, 0.6) is 0 Å². The predicted molar refractivity (Wildman–Crippen MR) is 203 cm³/mol. The van der Waals surface area contributed by atoms with Crippen LogP contribution in [0.25, 0.3) is 0 Å².